The molecular weight excluding hydrogens is 400 g/mol. The van der Waals surface area contributed by atoms with Crippen molar-refractivity contribution in [2.45, 2.75) is 13.3 Å². The molecule has 8 nitrogen and oxygen atoms in total. The van der Waals surface area contributed by atoms with Crippen LogP contribution in [0.2, 0.25) is 0 Å². The van der Waals surface area contributed by atoms with Crippen molar-refractivity contribution in [1.82, 2.24) is 20.6 Å². The second kappa shape index (κ2) is 8.66. The molecule has 150 valence electrons. The Morgan fingerprint density at radius 1 is 1.10 bits per heavy atom. The number of para-hydroxylation sites is 1. The Morgan fingerprint density at radius 2 is 1.87 bits per heavy atom. The van der Waals surface area contributed by atoms with Crippen LogP contribution in [0.1, 0.15) is 26.6 Å². The minimum absolute atomic E-state index is 0.0169. The van der Waals surface area contributed by atoms with Crippen LogP contribution in [-0.2, 0) is 11.2 Å². The highest BCUT2D eigenvalue weighted by Gasteiger charge is 2.12. The molecule has 2 heterocycles. The van der Waals surface area contributed by atoms with E-state index < -0.39 is 0 Å². The first kappa shape index (κ1) is 19.5. The van der Waals surface area contributed by atoms with Gasteiger partial charge in [0.1, 0.15) is 5.01 Å². The van der Waals surface area contributed by atoms with Crippen LogP contribution in [0.25, 0.3) is 10.9 Å². The van der Waals surface area contributed by atoms with E-state index in [1.807, 2.05) is 37.3 Å². The van der Waals surface area contributed by atoms with E-state index in [0.29, 0.717) is 15.7 Å². The second-order valence-corrected chi connectivity index (χ2v) is 7.56. The van der Waals surface area contributed by atoms with Crippen molar-refractivity contribution in [2.24, 2.45) is 5.10 Å². The average molecular weight is 418 g/mol. The van der Waals surface area contributed by atoms with Crippen LogP contribution in [0.5, 0.6) is 0 Å². The number of hydrogen-bond donors (Lipinski definition) is 3. The Kier molecular flexibility index (Phi) is 5.62. The van der Waals surface area contributed by atoms with Gasteiger partial charge < -0.3 is 4.98 Å². The maximum absolute atomic E-state index is 12.2. The van der Waals surface area contributed by atoms with Gasteiger partial charge in [-0.1, -0.05) is 47.7 Å². The molecule has 0 radical (unpaired) electrons. The van der Waals surface area contributed by atoms with E-state index in [-0.39, 0.29) is 18.2 Å². The predicted octanol–water partition coefficient (Wildman–Crippen LogP) is 3.27. The Hall–Kier alpha value is -3.85. The molecule has 2 aromatic heterocycles. The Morgan fingerprint density at radius 3 is 2.70 bits per heavy atom. The van der Waals surface area contributed by atoms with Crippen molar-refractivity contribution in [2.75, 3.05) is 5.32 Å². The van der Waals surface area contributed by atoms with Crippen LogP contribution in [0, 0.1) is 6.92 Å². The van der Waals surface area contributed by atoms with E-state index in [0.717, 1.165) is 33.5 Å². The quantitative estimate of drug-likeness (QED) is 0.329. The first-order valence-electron chi connectivity index (χ1n) is 9.18. The molecule has 4 aromatic rings. The zero-order valence-corrected chi connectivity index (χ0v) is 16.9. The fourth-order valence-corrected chi connectivity index (χ4v) is 3.68. The highest BCUT2D eigenvalue weighted by atomic mass is 32.1. The molecule has 9 heteroatoms. The number of rotatable bonds is 6. The van der Waals surface area contributed by atoms with Crippen LogP contribution < -0.4 is 10.7 Å². The summed E-state index contributed by atoms with van der Waals surface area (Å²) in [4.78, 5) is 27.6. The number of nitrogens with one attached hydrogen (secondary N) is 3. The summed E-state index contributed by atoms with van der Waals surface area (Å²) in [5.41, 5.74) is 5.94. The number of hydrazone groups is 1. The minimum atomic E-state index is -0.319. The summed E-state index contributed by atoms with van der Waals surface area (Å²) in [7, 11) is 0. The van der Waals surface area contributed by atoms with Gasteiger partial charge in [0.25, 0.3) is 5.91 Å². The van der Waals surface area contributed by atoms with E-state index in [1.54, 1.807) is 30.5 Å². The summed E-state index contributed by atoms with van der Waals surface area (Å²) in [6.45, 7) is 1.95. The van der Waals surface area contributed by atoms with Crippen LogP contribution in [-0.4, -0.2) is 33.2 Å². The SMILES string of the molecule is Cc1[nH]c2ccccc2c1/C=N/NC(=O)Cc1nnc(NC(=O)c2ccccc2)s1. The molecule has 4 rings (SSSR count). The average Bonchev–Trinajstić information content (AvgIpc) is 3.32. The zero-order valence-electron chi connectivity index (χ0n) is 16.0. The van der Waals surface area contributed by atoms with Gasteiger partial charge in [-0.25, -0.2) is 5.43 Å². The minimum Gasteiger partial charge on any atom is -0.358 e. The third-order valence-electron chi connectivity index (χ3n) is 4.36. The molecule has 0 fully saturated rings. The van der Waals surface area contributed by atoms with Crippen molar-refractivity contribution in [3.05, 3.63) is 76.4 Å². The van der Waals surface area contributed by atoms with Gasteiger partial charge in [0.2, 0.25) is 11.0 Å². The van der Waals surface area contributed by atoms with E-state index in [1.165, 1.54) is 0 Å². The van der Waals surface area contributed by atoms with Crippen LogP contribution >= 0.6 is 11.3 Å². The summed E-state index contributed by atoms with van der Waals surface area (Å²) < 4.78 is 0. The van der Waals surface area contributed by atoms with Gasteiger partial charge in [0.15, 0.2) is 0 Å². The molecule has 0 saturated carbocycles. The largest absolute Gasteiger partial charge is 0.358 e. The fraction of sp³-hybridized carbons (Fsp3) is 0.0952. The molecule has 2 amide bonds. The number of benzene rings is 2. The number of carbonyl (C=O) groups is 2. The number of H-pyrrole nitrogens is 1. The molecule has 0 bridgehead atoms. The maximum Gasteiger partial charge on any atom is 0.257 e. The normalized spacial score (nSPS) is 11.1. The van der Waals surface area contributed by atoms with Crippen molar-refractivity contribution in [1.29, 1.82) is 0 Å². The third kappa shape index (κ3) is 4.41. The number of fused-ring (bicyclic) bond motifs is 1. The summed E-state index contributed by atoms with van der Waals surface area (Å²) >= 11 is 1.15. The smallest absolute Gasteiger partial charge is 0.257 e. The number of aromatic nitrogens is 3. The number of aryl methyl sites for hydroxylation is 1. The number of nitrogens with zero attached hydrogens (tertiary/aromatic N) is 3. The van der Waals surface area contributed by atoms with E-state index in [9.17, 15) is 9.59 Å². The molecule has 0 aliphatic rings. The van der Waals surface area contributed by atoms with Crippen molar-refractivity contribution < 1.29 is 9.59 Å². The van der Waals surface area contributed by atoms with Gasteiger partial charge in [0.05, 0.1) is 12.6 Å². The van der Waals surface area contributed by atoms with Crippen molar-refractivity contribution >= 4 is 45.4 Å². The third-order valence-corrected chi connectivity index (χ3v) is 5.20. The molecular formula is C21H18N6O2S. The van der Waals surface area contributed by atoms with E-state index in [4.69, 9.17) is 0 Å². The van der Waals surface area contributed by atoms with Crippen molar-refractivity contribution in [3.63, 3.8) is 0 Å². The highest BCUT2D eigenvalue weighted by Crippen LogP contribution is 2.20. The van der Waals surface area contributed by atoms with E-state index in [2.05, 4.69) is 31.0 Å². The second-order valence-electron chi connectivity index (χ2n) is 6.50. The molecule has 2 aromatic carbocycles. The van der Waals surface area contributed by atoms with Gasteiger partial charge in [-0.3, -0.25) is 14.9 Å². The van der Waals surface area contributed by atoms with Gasteiger partial charge in [-0.2, -0.15) is 5.10 Å². The highest BCUT2D eigenvalue weighted by molar-refractivity contribution is 7.15. The summed E-state index contributed by atoms with van der Waals surface area (Å²) in [5, 5.41) is 16.5. The number of amides is 2. The molecule has 0 spiro atoms. The topological polar surface area (TPSA) is 112 Å². The van der Waals surface area contributed by atoms with Crippen LogP contribution in [0.3, 0.4) is 0 Å². The zero-order chi connectivity index (χ0) is 20.9. The lowest BCUT2D eigenvalue weighted by atomic mass is 10.1. The number of anilines is 1. The molecule has 0 aliphatic heterocycles. The van der Waals surface area contributed by atoms with Gasteiger partial charge in [0, 0.05) is 27.7 Å². The van der Waals surface area contributed by atoms with Crippen molar-refractivity contribution in [3.8, 4) is 0 Å². The number of carbonyl (C=O) groups excluding carboxylic acids is 2. The first-order chi connectivity index (χ1) is 14.6. The number of aromatic amines is 1. The monoisotopic (exact) mass is 418 g/mol. The van der Waals surface area contributed by atoms with Crippen LogP contribution in [0.4, 0.5) is 5.13 Å². The summed E-state index contributed by atoms with van der Waals surface area (Å²) in [5.74, 6) is -0.595. The fourth-order valence-electron chi connectivity index (χ4n) is 2.94. The number of hydrogen-bond acceptors (Lipinski definition) is 6. The standard InChI is InChI=1S/C21H18N6O2S/c1-13-16(15-9-5-6-10-17(15)23-13)12-22-25-18(28)11-19-26-27-21(30-19)24-20(29)14-7-3-2-4-8-14/h2-10,12,23H,11H2,1H3,(H,25,28)(H,24,27,29)/b22-12+. The predicted molar refractivity (Wildman–Crippen MR) is 117 cm³/mol. The molecule has 0 aliphatic carbocycles. The maximum atomic E-state index is 12.2. The van der Waals surface area contributed by atoms with Gasteiger partial charge in [-0.15, -0.1) is 10.2 Å². The lowest BCUT2D eigenvalue weighted by Crippen LogP contribution is -2.19. The summed E-state index contributed by atoms with van der Waals surface area (Å²) in [6.07, 6.45) is 1.64. The molecule has 0 saturated heterocycles. The molecule has 3 N–H and O–H groups in total. The molecule has 0 unspecified atom stereocenters. The Bertz CT molecular complexity index is 1230. The van der Waals surface area contributed by atoms with E-state index >= 15 is 0 Å². The molecule has 30 heavy (non-hydrogen) atoms. The molecule has 0 atom stereocenters. The lowest BCUT2D eigenvalue weighted by molar-refractivity contribution is -0.120. The van der Waals surface area contributed by atoms with Gasteiger partial charge in [-0.05, 0) is 25.1 Å². The van der Waals surface area contributed by atoms with Gasteiger partial charge >= 0.3 is 0 Å². The summed E-state index contributed by atoms with van der Waals surface area (Å²) in [6, 6.07) is 16.7. The van der Waals surface area contributed by atoms with Crippen LogP contribution in [0.15, 0.2) is 59.7 Å². The lowest BCUT2D eigenvalue weighted by Gasteiger charge is -1.99. The Labute approximate surface area is 176 Å². The Balaban J connectivity index is 1.34. The first-order valence-corrected chi connectivity index (χ1v) is 10.00.